The maximum absolute atomic E-state index is 12.1. The number of nitrogens with zero attached hydrogens (tertiary/aromatic N) is 1. The normalized spacial score (nSPS) is 17.8. The van der Waals surface area contributed by atoms with E-state index < -0.39 is 0 Å². The average Bonchev–Trinajstić information content (AvgIpc) is 2.28. The number of amides is 1. The molecule has 1 aliphatic carbocycles. The molecule has 0 atom stereocenters. The molecule has 98 valence electrons. The van der Waals surface area contributed by atoms with Crippen molar-refractivity contribution in [2.75, 3.05) is 5.32 Å². The number of nitrogens with one attached hydrogen (secondary N) is 1. The molecule has 18 heavy (non-hydrogen) atoms. The standard InChI is InChI=1S/C14H19ClN2O/c15-12-8-9-16-13(10-12)17-14(18)11-6-4-2-1-3-5-7-11/h8-11H,1-7H2,(H,16,17,18). The van der Waals surface area contributed by atoms with Gasteiger partial charge in [-0.05, 0) is 25.0 Å². The number of hydrogen-bond acceptors (Lipinski definition) is 2. The van der Waals surface area contributed by atoms with Crippen LogP contribution < -0.4 is 5.32 Å². The lowest BCUT2D eigenvalue weighted by molar-refractivity contribution is -0.120. The van der Waals surface area contributed by atoms with Gasteiger partial charge in [0.2, 0.25) is 5.91 Å². The van der Waals surface area contributed by atoms with Gasteiger partial charge in [-0.2, -0.15) is 0 Å². The smallest absolute Gasteiger partial charge is 0.228 e. The van der Waals surface area contributed by atoms with E-state index in [-0.39, 0.29) is 11.8 Å². The fraction of sp³-hybridized carbons (Fsp3) is 0.571. The molecule has 1 heterocycles. The zero-order valence-corrected chi connectivity index (χ0v) is 11.2. The predicted molar refractivity (Wildman–Crippen MR) is 73.7 cm³/mol. The third-order valence-electron chi connectivity index (χ3n) is 3.45. The summed E-state index contributed by atoms with van der Waals surface area (Å²) < 4.78 is 0. The van der Waals surface area contributed by atoms with Crippen molar-refractivity contribution in [1.29, 1.82) is 0 Å². The monoisotopic (exact) mass is 266 g/mol. The van der Waals surface area contributed by atoms with Gasteiger partial charge in [-0.3, -0.25) is 4.79 Å². The molecule has 1 saturated carbocycles. The van der Waals surface area contributed by atoms with Gasteiger partial charge in [-0.1, -0.05) is 43.7 Å². The Bertz CT molecular complexity index is 401. The molecule has 0 aliphatic heterocycles. The largest absolute Gasteiger partial charge is 0.310 e. The Labute approximate surface area is 113 Å². The van der Waals surface area contributed by atoms with Crippen molar-refractivity contribution < 1.29 is 4.79 Å². The van der Waals surface area contributed by atoms with Gasteiger partial charge < -0.3 is 5.32 Å². The molecule has 4 heteroatoms. The van der Waals surface area contributed by atoms with E-state index in [9.17, 15) is 4.79 Å². The molecule has 2 rings (SSSR count). The molecule has 1 N–H and O–H groups in total. The van der Waals surface area contributed by atoms with Crippen LogP contribution in [0.25, 0.3) is 0 Å². The lowest BCUT2D eigenvalue weighted by Crippen LogP contribution is -2.24. The van der Waals surface area contributed by atoms with Crippen LogP contribution in [-0.2, 0) is 4.79 Å². The average molecular weight is 267 g/mol. The maximum atomic E-state index is 12.1. The van der Waals surface area contributed by atoms with Gasteiger partial charge in [0.15, 0.2) is 0 Å². The number of carbonyl (C=O) groups is 1. The van der Waals surface area contributed by atoms with E-state index in [1.165, 1.54) is 19.3 Å². The van der Waals surface area contributed by atoms with E-state index in [1.807, 2.05) is 0 Å². The quantitative estimate of drug-likeness (QED) is 0.878. The summed E-state index contributed by atoms with van der Waals surface area (Å²) in [6, 6.07) is 3.38. The van der Waals surface area contributed by atoms with E-state index in [4.69, 9.17) is 11.6 Å². The van der Waals surface area contributed by atoms with Crippen LogP contribution in [0.15, 0.2) is 18.3 Å². The molecule has 0 unspecified atom stereocenters. The molecule has 0 radical (unpaired) electrons. The second kappa shape index (κ2) is 6.74. The highest BCUT2D eigenvalue weighted by molar-refractivity contribution is 6.30. The molecule has 1 amide bonds. The van der Waals surface area contributed by atoms with Gasteiger partial charge in [-0.15, -0.1) is 0 Å². The molecule has 1 aromatic heterocycles. The van der Waals surface area contributed by atoms with Crippen LogP contribution in [0.5, 0.6) is 0 Å². The number of hydrogen-bond donors (Lipinski definition) is 1. The minimum atomic E-state index is 0.0895. The molecule has 1 fully saturated rings. The van der Waals surface area contributed by atoms with Crippen molar-refractivity contribution in [2.45, 2.75) is 44.9 Å². The first-order valence-electron chi connectivity index (χ1n) is 6.68. The third-order valence-corrected chi connectivity index (χ3v) is 3.68. The van der Waals surface area contributed by atoms with Crippen LogP contribution in [0.3, 0.4) is 0 Å². The van der Waals surface area contributed by atoms with Crippen LogP contribution in [0.2, 0.25) is 5.02 Å². The lowest BCUT2D eigenvalue weighted by Gasteiger charge is -2.18. The summed E-state index contributed by atoms with van der Waals surface area (Å²) in [6.45, 7) is 0. The van der Waals surface area contributed by atoms with Crippen LogP contribution in [-0.4, -0.2) is 10.9 Å². The first kappa shape index (κ1) is 13.3. The van der Waals surface area contributed by atoms with Gasteiger partial charge in [0.25, 0.3) is 0 Å². The number of rotatable bonds is 2. The number of pyridine rings is 1. The Morgan fingerprint density at radius 1 is 1.22 bits per heavy atom. The fourth-order valence-corrected chi connectivity index (χ4v) is 2.58. The lowest BCUT2D eigenvalue weighted by atomic mass is 9.90. The van der Waals surface area contributed by atoms with Crippen molar-refractivity contribution in [3.05, 3.63) is 23.4 Å². The van der Waals surface area contributed by atoms with Crippen molar-refractivity contribution in [2.24, 2.45) is 5.92 Å². The van der Waals surface area contributed by atoms with Gasteiger partial charge in [-0.25, -0.2) is 4.98 Å². The fourth-order valence-electron chi connectivity index (χ4n) is 2.42. The minimum Gasteiger partial charge on any atom is -0.310 e. The Hall–Kier alpha value is -1.09. The van der Waals surface area contributed by atoms with E-state index in [0.29, 0.717) is 10.8 Å². The molecule has 0 spiro atoms. The van der Waals surface area contributed by atoms with Crippen LogP contribution in [0, 0.1) is 5.92 Å². The summed E-state index contributed by atoms with van der Waals surface area (Å²) >= 11 is 5.87. The maximum Gasteiger partial charge on any atom is 0.228 e. The highest BCUT2D eigenvalue weighted by Gasteiger charge is 2.19. The van der Waals surface area contributed by atoms with Crippen LogP contribution in [0.1, 0.15) is 44.9 Å². The molecule has 0 saturated heterocycles. The summed E-state index contributed by atoms with van der Waals surface area (Å²) in [6.07, 6.45) is 9.71. The predicted octanol–water partition coefficient (Wildman–Crippen LogP) is 4.03. The topological polar surface area (TPSA) is 42.0 Å². The van der Waals surface area contributed by atoms with Gasteiger partial charge in [0.1, 0.15) is 5.82 Å². The molecule has 0 bridgehead atoms. The van der Waals surface area contributed by atoms with E-state index in [0.717, 1.165) is 25.7 Å². The van der Waals surface area contributed by atoms with E-state index >= 15 is 0 Å². The highest BCUT2D eigenvalue weighted by Crippen LogP contribution is 2.23. The second-order valence-electron chi connectivity index (χ2n) is 4.89. The van der Waals surface area contributed by atoms with Crippen LogP contribution in [0.4, 0.5) is 5.82 Å². The number of carbonyl (C=O) groups excluding carboxylic acids is 1. The second-order valence-corrected chi connectivity index (χ2v) is 5.33. The summed E-state index contributed by atoms with van der Waals surface area (Å²) in [7, 11) is 0. The van der Waals surface area contributed by atoms with Gasteiger partial charge in [0, 0.05) is 17.1 Å². The Morgan fingerprint density at radius 2 is 1.89 bits per heavy atom. The van der Waals surface area contributed by atoms with Crippen molar-refractivity contribution in [3.63, 3.8) is 0 Å². The summed E-state index contributed by atoms with van der Waals surface area (Å²) in [5.74, 6) is 0.771. The molecule has 1 aromatic rings. The number of aromatic nitrogens is 1. The van der Waals surface area contributed by atoms with Crippen molar-refractivity contribution in [1.82, 2.24) is 4.98 Å². The SMILES string of the molecule is O=C(Nc1cc(Cl)ccn1)C1CCCCCCC1. The van der Waals surface area contributed by atoms with Crippen molar-refractivity contribution in [3.8, 4) is 0 Å². The molecule has 0 aromatic carbocycles. The number of anilines is 1. The molecule has 3 nitrogen and oxygen atoms in total. The molecule has 1 aliphatic rings. The Balaban J connectivity index is 1.93. The minimum absolute atomic E-state index is 0.0895. The van der Waals surface area contributed by atoms with Crippen molar-refractivity contribution >= 4 is 23.3 Å². The summed E-state index contributed by atoms with van der Waals surface area (Å²) in [5.41, 5.74) is 0. The molecular weight excluding hydrogens is 248 g/mol. The third kappa shape index (κ3) is 3.98. The van der Waals surface area contributed by atoms with Gasteiger partial charge >= 0.3 is 0 Å². The Kier molecular flexibility index (Phi) is 5.00. The first-order chi connectivity index (χ1) is 8.75. The summed E-state index contributed by atoms with van der Waals surface area (Å²) in [5, 5.41) is 3.46. The summed E-state index contributed by atoms with van der Waals surface area (Å²) in [4.78, 5) is 16.2. The van der Waals surface area contributed by atoms with E-state index in [2.05, 4.69) is 10.3 Å². The zero-order valence-electron chi connectivity index (χ0n) is 10.5. The zero-order chi connectivity index (χ0) is 12.8. The number of halogens is 1. The molecular formula is C14H19ClN2O. The van der Waals surface area contributed by atoms with E-state index in [1.54, 1.807) is 18.3 Å². The first-order valence-corrected chi connectivity index (χ1v) is 7.06. The Morgan fingerprint density at radius 3 is 2.56 bits per heavy atom. The van der Waals surface area contributed by atoms with Gasteiger partial charge in [0.05, 0.1) is 0 Å². The van der Waals surface area contributed by atoms with Crippen LogP contribution >= 0.6 is 11.6 Å². The highest BCUT2D eigenvalue weighted by atomic mass is 35.5.